The third-order valence-electron chi connectivity index (χ3n) is 9.57. The summed E-state index contributed by atoms with van der Waals surface area (Å²) >= 11 is 0. The van der Waals surface area contributed by atoms with Crippen LogP contribution in [-0.4, -0.2) is 4.57 Å². The van der Waals surface area contributed by atoms with Crippen LogP contribution in [0.5, 0.6) is 0 Å². The fourth-order valence-electron chi connectivity index (χ4n) is 7.38. The molecule has 2 heteroatoms. The van der Waals surface area contributed by atoms with Gasteiger partial charge in [-0.2, -0.15) is 0 Å². The van der Waals surface area contributed by atoms with E-state index in [2.05, 4.69) is 216 Å². The maximum absolute atomic E-state index is 2.44. The van der Waals surface area contributed by atoms with Crippen LogP contribution in [0.4, 0.5) is 17.1 Å². The van der Waals surface area contributed by atoms with Crippen molar-refractivity contribution in [3.63, 3.8) is 0 Å². The molecule has 0 fully saturated rings. The highest BCUT2D eigenvalue weighted by atomic mass is 15.1. The van der Waals surface area contributed by atoms with Crippen molar-refractivity contribution in [2.45, 2.75) is 0 Å². The van der Waals surface area contributed by atoms with Gasteiger partial charge in [0, 0.05) is 33.4 Å². The minimum atomic E-state index is 1.13. The molecule has 8 aromatic carbocycles. The summed E-state index contributed by atoms with van der Waals surface area (Å²) in [5, 5.41) is 3.64. The van der Waals surface area contributed by atoms with Gasteiger partial charge < -0.3 is 9.47 Å². The van der Waals surface area contributed by atoms with Crippen molar-refractivity contribution in [3.8, 4) is 39.2 Å². The molecule has 0 amide bonds. The number of para-hydroxylation sites is 3. The lowest BCUT2D eigenvalue weighted by Gasteiger charge is -2.27. The Kier molecular flexibility index (Phi) is 7.53. The van der Waals surface area contributed by atoms with Gasteiger partial charge in [-0.25, -0.2) is 0 Å². The summed E-state index contributed by atoms with van der Waals surface area (Å²) in [4.78, 5) is 2.36. The fraction of sp³-hybridized carbons (Fsp3) is 0. The summed E-state index contributed by atoms with van der Waals surface area (Å²) in [6, 6.07) is 74.0. The lowest BCUT2D eigenvalue weighted by Crippen LogP contribution is -2.10. The van der Waals surface area contributed by atoms with Crippen LogP contribution in [0.2, 0.25) is 0 Å². The Labute approximate surface area is 292 Å². The molecule has 1 heterocycles. The lowest BCUT2D eigenvalue weighted by atomic mass is 9.94. The fourth-order valence-corrected chi connectivity index (χ4v) is 7.38. The second-order valence-corrected chi connectivity index (χ2v) is 12.5. The molecule has 0 unspecified atom stereocenters. The standard InChI is InChI=1S/C48H34N2/c1-6-18-35(19-7-1)47-44-31-30-37(34-46(44)50(40-26-14-5-15-27-40)48(47)36-20-8-2-9-21-36)41-32-33-45(43-29-17-16-28-42(41)43)49(38-22-10-3-11-23-38)39-24-12-4-13-25-39/h1-34H. The van der Waals surface area contributed by atoms with Crippen LogP contribution in [0, 0.1) is 0 Å². The van der Waals surface area contributed by atoms with E-state index < -0.39 is 0 Å². The van der Waals surface area contributed by atoms with E-state index >= 15 is 0 Å². The molecule has 0 spiro atoms. The first kappa shape index (κ1) is 29.5. The molecule has 0 atom stereocenters. The summed E-state index contributed by atoms with van der Waals surface area (Å²) in [7, 11) is 0. The van der Waals surface area contributed by atoms with Crippen LogP contribution in [0.15, 0.2) is 206 Å². The van der Waals surface area contributed by atoms with Gasteiger partial charge in [0.05, 0.1) is 16.9 Å². The monoisotopic (exact) mass is 638 g/mol. The lowest BCUT2D eigenvalue weighted by molar-refractivity contribution is 1.14. The zero-order chi connectivity index (χ0) is 33.3. The average Bonchev–Trinajstić information content (AvgIpc) is 3.54. The SMILES string of the molecule is c1ccc(-c2c(-c3ccccc3)n(-c3ccccc3)c3cc(-c4ccc(N(c5ccccc5)c5ccccc5)c5ccccc45)ccc23)cc1. The molecule has 0 aliphatic heterocycles. The topological polar surface area (TPSA) is 8.17 Å². The van der Waals surface area contributed by atoms with Gasteiger partial charge in [0.2, 0.25) is 0 Å². The molecule has 0 saturated heterocycles. The van der Waals surface area contributed by atoms with Gasteiger partial charge in [0.25, 0.3) is 0 Å². The second kappa shape index (κ2) is 12.8. The number of hydrogen-bond donors (Lipinski definition) is 0. The van der Waals surface area contributed by atoms with Gasteiger partial charge in [0.1, 0.15) is 0 Å². The summed E-state index contributed by atoms with van der Waals surface area (Å²) in [5.74, 6) is 0. The molecule has 0 N–H and O–H groups in total. The van der Waals surface area contributed by atoms with Crippen molar-refractivity contribution in [3.05, 3.63) is 206 Å². The highest BCUT2D eigenvalue weighted by molar-refractivity contribution is 6.10. The molecule has 0 radical (unpaired) electrons. The zero-order valence-electron chi connectivity index (χ0n) is 27.5. The third-order valence-corrected chi connectivity index (χ3v) is 9.57. The normalized spacial score (nSPS) is 11.2. The Bertz CT molecular complexity index is 2520. The summed E-state index contributed by atoms with van der Waals surface area (Å²) in [6.07, 6.45) is 0. The van der Waals surface area contributed by atoms with E-state index in [1.54, 1.807) is 0 Å². The molecule has 0 bridgehead atoms. The van der Waals surface area contributed by atoms with Gasteiger partial charge in [-0.1, -0.05) is 158 Å². The highest BCUT2D eigenvalue weighted by Crippen LogP contribution is 2.46. The number of fused-ring (bicyclic) bond motifs is 2. The quantitative estimate of drug-likeness (QED) is 0.169. The molecule has 9 rings (SSSR count). The van der Waals surface area contributed by atoms with E-state index in [1.807, 2.05) is 0 Å². The molecular weight excluding hydrogens is 605 g/mol. The van der Waals surface area contributed by atoms with Gasteiger partial charge in [-0.05, 0) is 76.2 Å². The third kappa shape index (κ3) is 5.15. The molecule has 50 heavy (non-hydrogen) atoms. The Morgan fingerprint density at radius 2 is 0.880 bits per heavy atom. The number of anilines is 3. The van der Waals surface area contributed by atoms with Crippen LogP contribution in [-0.2, 0) is 0 Å². The van der Waals surface area contributed by atoms with Crippen LogP contribution in [0.1, 0.15) is 0 Å². The van der Waals surface area contributed by atoms with Crippen LogP contribution < -0.4 is 4.90 Å². The summed E-state index contributed by atoms with van der Waals surface area (Å²) < 4.78 is 2.44. The van der Waals surface area contributed by atoms with Gasteiger partial charge >= 0.3 is 0 Å². The Morgan fingerprint density at radius 3 is 1.50 bits per heavy atom. The molecule has 236 valence electrons. The van der Waals surface area contributed by atoms with E-state index in [4.69, 9.17) is 0 Å². The maximum Gasteiger partial charge on any atom is 0.0619 e. The molecule has 9 aromatic rings. The average molecular weight is 639 g/mol. The van der Waals surface area contributed by atoms with E-state index in [-0.39, 0.29) is 0 Å². The number of rotatable bonds is 7. The van der Waals surface area contributed by atoms with Crippen molar-refractivity contribution in [2.24, 2.45) is 0 Å². The minimum absolute atomic E-state index is 1.13. The van der Waals surface area contributed by atoms with E-state index in [0.717, 1.165) is 22.7 Å². The second-order valence-electron chi connectivity index (χ2n) is 12.5. The Morgan fingerprint density at radius 1 is 0.360 bits per heavy atom. The van der Waals surface area contributed by atoms with Crippen LogP contribution in [0.3, 0.4) is 0 Å². The number of aromatic nitrogens is 1. The van der Waals surface area contributed by atoms with E-state index in [1.165, 1.54) is 55.2 Å². The summed E-state index contributed by atoms with van der Waals surface area (Å²) in [5.41, 5.74) is 12.9. The predicted molar refractivity (Wildman–Crippen MR) is 212 cm³/mol. The predicted octanol–water partition coefficient (Wildman–Crippen LogP) is 13.3. The number of hydrogen-bond acceptors (Lipinski definition) is 1. The molecule has 0 aliphatic carbocycles. The highest BCUT2D eigenvalue weighted by Gasteiger charge is 2.23. The maximum atomic E-state index is 2.44. The van der Waals surface area contributed by atoms with E-state index in [9.17, 15) is 0 Å². The number of nitrogens with zero attached hydrogens (tertiary/aromatic N) is 2. The largest absolute Gasteiger partial charge is 0.310 e. The molecular formula is C48H34N2. The van der Waals surface area contributed by atoms with E-state index in [0.29, 0.717) is 0 Å². The van der Waals surface area contributed by atoms with Crippen molar-refractivity contribution in [2.75, 3.05) is 4.90 Å². The van der Waals surface area contributed by atoms with Crippen molar-refractivity contribution in [1.29, 1.82) is 0 Å². The molecule has 0 saturated carbocycles. The molecule has 2 nitrogen and oxygen atoms in total. The molecule has 1 aromatic heterocycles. The summed E-state index contributed by atoms with van der Waals surface area (Å²) in [6.45, 7) is 0. The van der Waals surface area contributed by atoms with Crippen LogP contribution in [0.25, 0.3) is 60.9 Å². The van der Waals surface area contributed by atoms with Gasteiger partial charge in [0.15, 0.2) is 0 Å². The Hall–Kier alpha value is -6.64. The van der Waals surface area contributed by atoms with Gasteiger partial charge in [-0.3, -0.25) is 0 Å². The minimum Gasteiger partial charge on any atom is -0.310 e. The van der Waals surface area contributed by atoms with Crippen molar-refractivity contribution in [1.82, 2.24) is 4.57 Å². The first-order valence-corrected chi connectivity index (χ1v) is 17.1. The zero-order valence-corrected chi connectivity index (χ0v) is 27.5. The number of benzene rings is 8. The molecule has 0 aliphatic rings. The van der Waals surface area contributed by atoms with Gasteiger partial charge in [-0.15, -0.1) is 0 Å². The Balaban J connectivity index is 1.30. The van der Waals surface area contributed by atoms with Crippen LogP contribution >= 0.6 is 0 Å². The van der Waals surface area contributed by atoms with Crippen molar-refractivity contribution < 1.29 is 0 Å². The smallest absolute Gasteiger partial charge is 0.0619 e. The first-order chi connectivity index (χ1) is 24.8. The first-order valence-electron chi connectivity index (χ1n) is 17.1. The van der Waals surface area contributed by atoms with Crippen molar-refractivity contribution >= 4 is 38.7 Å².